The molecule has 1 heterocycles. The zero-order valence-electron chi connectivity index (χ0n) is 12.2. The Hall–Kier alpha value is -2.40. The number of aromatic hydroxyl groups is 1. The van der Waals surface area contributed by atoms with Gasteiger partial charge in [0.2, 0.25) is 0 Å². The Kier molecular flexibility index (Phi) is 4.34. The van der Waals surface area contributed by atoms with E-state index in [1.54, 1.807) is 29.7 Å². The molecule has 0 aliphatic heterocycles. The van der Waals surface area contributed by atoms with Crippen molar-refractivity contribution in [2.45, 2.75) is 6.42 Å². The number of hydrogen-bond donors (Lipinski definition) is 1. The second-order valence-electron chi connectivity index (χ2n) is 4.76. The van der Waals surface area contributed by atoms with Crippen LogP contribution in [0.5, 0.6) is 11.5 Å². The Morgan fingerprint density at radius 2 is 2.09 bits per heavy atom. The minimum atomic E-state index is 0.119. The summed E-state index contributed by atoms with van der Waals surface area (Å²) in [6.07, 6.45) is 2.46. The van der Waals surface area contributed by atoms with Gasteiger partial charge in [-0.25, -0.2) is 4.98 Å². The minimum absolute atomic E-state index is 0.119. The van der Waals surface area contributed by atoms with E-state index in [0.717, 1.165) is 16.9 Å². The molecule has 0 bridgehead atoms. The van der Waals surface area contributed by atoms with Gasteiger partial charge in [-0.3, -0.25) is 4.99 Å². The molecule has 1 aromatic heterocycles. The van der Waals surface area contributed by atoms with E-state index in [1.807, 2.05) is 24.3 Å². The van der Waals surface area contributed by atoms with Gasteiger partial charge in [0.15, 0.2) is 11.5 Å². The lowest BCUT2D eigenvalue weighted by Gasteiger charge is -2.04. The zero-order valence-corrected chi connectivity index (χ0v) is 13.0. The summed E-state index contributed by atoms with van der Waals surface area (Å²) < 4.78 is 6.28. The van der Waals surface area contributed by atoms with Crippen molar-refractivity contribution in [3.05, 3.63) is 53.0 Å². The molecule has 0 saturated heterocycles. The molecule has 3 aromatic rings. The van der Waals surface area contributed by atoms with Crippen molar-refractivity contribution >= 4 is 27.8 Å². The molecule has 0 radical (unpaired) electrons. The molecule has 3 rings (SSSR count). The van der Waals surface area contributed by atoms with Crippen molar-refractivity contribution in [1.82, 2.24) is 4.98 Å². The van der Waals surface area contributed by atoms with Crippen LogP contribution in [0.4, 0.5) is 0 Å². The van der Waals surface area contributed by atoms with Gasteiger partial charge in [0.05, 0.1) is 22.3 Å². The lowest BCUT2D eigenvalue weighted by molar-refractivity contribution is 0.373. The first-order valence-corrected chi connectivity index (χ1v) is 7.80. The van der Waals surface area contributed by atoms with Crippen LogP contribution in [0.25, 0.3) is 10.2 Å². The van der Waals surface area contributed by atoms with Crippen LogP contribution in [0.15, 0.2) is 47.5 Å². The summed E-state index contributed by atoms with van der Waals surface area (Å²) in [5.74, 6) is 0.573. The van der Waals surface area contributed by atoms with Gasteiger partial charge in [0.25, 0.3) is 0 Å². The smallest absolute Gasteiger partial charge is 0.166 e. The minimum Gasteiger partial charge on any atom is -0.504 e. The van der Waals surface area contributed by atoms with E-state index in [4.69, 9.17) is 4.74 Å². The first-order chi connectivity index (χ1) is 10.8. The number of phenols is 1. The second-order valence-corrected chi connectivity index (χ2v) is 5.87. The molecule has 0 saturated carbocycles. The van der Waals surface area contributed by atoms with Crippen molar-refractivity contribution in [2.24, 2.45) is 4.99 Å². The van der Waals surface area contributed by atoms with E-state index in [1.165, 1.54) is 11.8 Å². The third kappa shape index (κ3) is 3.09. The fourth-order valence-corrected chi connectivity index (χ4v) is 3.11. The van der Waals surface area contributed by atoms with Gasteiger partial charge in [-0.05, 0) is 24.3 Å². The number of rotatable bonds is 5. The summed E-state index contributed by atoms with van der Waals surface area (Å²) >= 11 is 1.70. The molecule has 22 heavy (non-hydrogen) atoms. The van der Waals surface area contributed by atoms with Crippen molar-refractivity contribution in [2.75, 3.05) is 13.7 Å². The first kappa shape index (κ1) is 14.5. The lowest BCUT2D eigenvalue weighted by atomic mass is 10.2. The number of thiazole rings is 1. The quantitative estimate of drug-likeness (QED) is 0.731. The van der Waals surface area contributed by atoms with E-state index in [2.05, 4.69) is 16.0 Å². The maximum absolute atomic E-state index is 9.97. The normalized spacial score (nSPS) is 11.3. The van der Waals surface area contributed by atoms with E-state index in [9.17, 15) is 5.11 Å². The summed E-state index contributed by atoms with van der Waals surface area (Å²) in [6, 6.07) is 13.5. The Balaban J connectivity index is 1.65. The Bertz CT molecular complexity index is 778. The largest absolute Gasteiger partial charge is 0.504 e. The number of fused-ring (bicyclic) bond motifs is 1. The predicted octanol–water partition coefficient (Wildman–Crippen LogP) is 3.67. The van der Waals surface area contributed by atoms with Crippen LogP contribution in [0.3, 0.4) is 0 Å². The van der Waals surface area contributed by atoms with Gasteiger partial charge in [-0.2, -0.15) is 0 Å². The molecule has 0 fully saturated rings. The Morgan fingerprint density at radius 1 is 1.23 bits per heavy atom. The molecule has 2 aromatic carbocycles. The van der Waals surface area contributed by atoms with Crippen LogP contribution in [0, 0.1) is 0 Å². The molecule has 1 N–H and O–H groups in total. The Labute approximate surface area is 132 Å². The molecular weight excluding hydrogens is 296 g/mol. The molecule has 112 valence electrons. The molecule has 0 amide bonds. The predicted molar refractivity (Wildman–Crippen MR) is 90.4 cm³/mol. The number of aromatic nitrogens is 1. The van der Waals surface area contributed by atoms with Crippen LogP contribution in [-0.2, 0) is 6.42 Å². The van der Waals surface area contributed by atoms with Gasteiger partial charge in [0, 0.05) is 24.7 Å². The fraction of sp³-hybridized carbons (Fsp3) is 0.176. The average Bonchev–Trinajstić information content (AvgIpc) is 2.95. The van der Waals surface area contributed by atoms with Gasteiger partial charge in [0.1, 0.15) is 0 Å². The van der Waals surface area contributed by atoms with Gasteiger partial charge >= 0.3 is 0 Å². The SMILES string of the molecule is COc1cccc(C=NCCc2nc3ccccc3s2)c1O. The van der Waals surface area contributed by atoms with Crippen molar-refractivity contribution in [3.63, 3.8) is 0 Å². The van der Waals surface area contributed by atoms with Gasteiger partial charge in [-0.1, -0.05) is 18.2 Å². The summed E-state index contributed by atoms with van der Waals surface area (Å²) in [6.45, 7) is 0.635. The van der Waals surface area contributed by atoms with E-state index < -0.39 is 0 Å². The first-order valence-electron chi connectivity index (χ1n) is 6.98. The number of methoxy groups -OCH3 is 1. The highest BCUT2D eigenvalue weighted by atomic mass is 32.1. The zero-order chi connectivity index (χ0) is 15.4. The fourth-order valence-electron chi connectivity index (χ4n) is 2.16. The summed E-state index contributed by atoms with van der Waals surface area (Å²) in [5, 5.41) is 11.1. The average molecular weight is 312 g/mol. The topological polar surface area (TPSA) is 54.7 Å². The molecule has 0 aliphatic carbocycles. The van der Waals surface area contributed by atoms with E-state index in [-0.39, 0.29) is 5.75 Å². The molecule has 0 unspecified atom stereocenters. The standard InChI is InChI=1S/C17H16N2O2S/c1-21-14-7-4-5-12(17(14)20)11-18-10-9-16-19-13-6-2-3-8-15(13)22-16/h2-8,11,20H,9-10H2,1H3. The maximum Gasteiger partial charge on any atom is 0.166 e. The van der Waals surface area contributed by atoms with Crippen molar-refractivity contribution in [1.29, 1.82) is 0 Å². The maximum atomic E-state index is 9.97. The lowest BCUT2D eigenvalue weighted by Crippen LogP contribution is -1.91. The van der Waals surface area contributed by atoms with Crippen LogP contribution in [0.1, 0.15) is 10.6 Å². The molecule has 0 aliphatic rings. The molecule has 4 nitrogen and oxygen atoms in total. The van der Waals surface area contributed by atoms with Crippen molar-refractivity contribution < 1.29 is 9.84 Å². The third-order valence-electron chi connectivity index (χ3n) is 3.27. The van der Waals surface area contributed by atoms with Crippen LogP contribution in [0.2, 0.25) is 0 Å². The number of nitrogens with zero attached hydrogens (tertiary/aromatic N) is 2. The molecule has 0 atom stereocenters. The summed E-state index contributed by atoms with van der Waals surface area (Å²) in [7, 11) is 1.53. The van der Waals surface area contributed by atoms with Gasteiger partial charge < -0.3 is 9.84 Å². The van der Waals surface area contributed by atoms with E-state index >= 15 is 0 Å². The highest BCUT2D eigenvalue weighted by molar-refractivity contribution is 7.18. The number of hydrogen-bond acceptors (Lipinski definition) is 5. The molecule has 5 heteroatoms. The third-order valence-corrected chi connectivity index (χ3v) is 4.37. The van der Waals surface area contributed by atoms with Crippen molar-refractivity contribution in [3.8, 4) is 11.5 Å². The number of benzene rings is 2. The second kappa shape index (κ2) is 6.58. The summed E-state index contributed by atoms with van der Waals surface area (Å²) in [4.78, 5) is 8.95. The monoisotopic (exact) mass is 312 g/mol. The molecular formula is C17H16N2O2S. The highest BCUT2D eigenvalue weighted by Crippen LogP contribution is 2.28. The number of phenolic OH excluding ortho intramolecular Hbond substituents is 1. The van der Waals surface area contributed by atoms with Gasteiger partial charge in [-0.15, -0.1) is 11.3 Å². The highest BCUT2D eigenvalue weighted by Gasteiger charge is 2.05. The Morgan fingerprint density at radius 3 is 2.91 bits per heavy atom. The number of ether oxygens (including phenoxy) is 1. The molecule has 0 spiro atoms. The number of para-hydroxylation sites is 2. The number of aliphatic imine (C=N–C) groups is 1. The van der Waals surface area contributed by atoms with Crippen LogP contribution >= 0.6 is 11.3 Å². The van der Waals surface area contributed by atoms with Crippen LogP contribution in [-0.4, -0.2) is 30.0 Å². The van der Waals surface area contributed by atoms with Crippen LogP contribution < -0.4 is 4.74 Å². The summed E-state index contributed by atoms with van der Waals surface area (Å²) in [5.41, 5.74) is 1.69. The van der Waals surface area contributed by atoms with E-state index in [0.29, 0.717) is 17.9 Å².